The van der Waals surface area contributed by atoms with Crippen molar-refractivity contribution in [2.75, 3.05) is 12.8 Å². The minimum atomic E-state index is -3.57. The highest BCUT2D eigenvalue weighted by molar-refractivity contribution is 9.10. The number of sulfone groups is 1. The molecule has 2 rings (SSSR count). The van der Waals surface area contributed by atoms with Crippen molar-refractivity contribution < 1.29 is 12.8 Å². The molecule has 0 radical (unpaired) electrons. The van der Waals surface area contributed by atoms with Gasteiger partial charge in [-0.15, -0.1) is 0 Å². The van der Waals surface area contributed by atoms with Gasteiger partial charge in [0.1, 0.15) is 10.7 Å². The van der Waals surface area contributed by atoms with Gasteiger partial charge in [-0.1, -0.05) is 0 Å². The Balaban J connectivity index is 2.56. The van der Waals surface area contributed by atoms with E-state index in [1.807, 2.05) is 6.92 Å². The van der Waals surface area contributed by atoms with Gasteiger partial charge >= 0.3 is 0 Å². The van der Waals surface area contributed by atoms with Crippen LogP contribution in [0.2, 0.25) is 0 Å². The van der Waals surface area contributed by atoms with Crippen LogP contribution in [0.5, 0.6) is 0 Å². The molecule has 1 atom stereocenters. The molecule has 1 heterocycles. The molecule has 0 bridgehead atoms. The molecular weight excluding hydrogens is 321 g/mol. The predicted molar refractivity (Wildman–Crippen MR) is 71.8 cm³/mol. The van der Waals surface area contributed by atoms with Crippen LogP contribution in [0.4, 0.5) is 4.39 Å². The normalized spacial score (nSPS) is 24.4. The number of hydrogen-bond acceptors (Lipinski definition) is 3. The maximum absolute atomic E-state index is 14.0. The summed E-state index contributed by atoms with van der Waals surface area (Å²) < 4.78 is 37.3. The second-order valence-corrected chi connectivity index (χ2v) is 7.71. The van der Waals surface area contributed by atoms with Crippen molar-refractivity contribution in [1.82, 2.24) is 5.32 Å². The molecule has 0 aliphatic carbocycles. The molecule has 0 aromatic heterocycles. The Morgan fingerprint density at radius 1 is 1.44 bits per heavy atom. The Morgan fingerprint density at radius 2 is 2.11 bits per heavy atom. The van der Waals surface area contributed by atoms with Gasteiger partial charge < -0.3 is 5.32 Å². The largest absolute Gasteiger partial charge is 0.308 e. The minimum absolute atomic E-state index is 0.271. The third kappa shape index (κ3) is 2.46. The van der Waals surface area contributed by atoms with Gasteiger partial charge in [-0.05, 0) is 59.9 Å². The summed E-state index contributed by atoms with van der Waals surface area (Å²) in [5, 5.41) is 3.32. The first-order valence-electron chi connectivity index (χ1n) is 5.69. The molecule has 1 saturated heterocycles. The minimum Gasteiger partial charge on any atom is -0.308 e. The first-order chi connectivity index (χ1) is 8.24. The molecule has 1 unspecified atom stereocenters. The van der Waals surface area contributed by atoms with E-state index in [0.29, 0.717) is 0 Å². The fourth-order valence-electron chi connectivity index (χ4n) is 2.37. The maximum atomic E-state index is 14.0. The van der Waals surface area contributed by atoms with Crippen molar-refractivity contribution in [3.8, 4) is 0 Å². The van der Waals surface area contributed by atoms with E-state index in [0.717, 1.165) is 31.2 Å². The molecule has 18 heavy (non-hydrogen) atoms. The molecule has 1 aliphatic rings. The summed E-state index contributed by atoms with van der Waals surface area (Å²) in [5.41, 5.74) is 0.496. The summed E-state index contributed by atoms with van der Waals surface area (Å²) in [5.74, 6) is -0.697. The van der Waals surface area contributed by atoms with Crippen molar-refractivity contribution in [2.45, 2.75) is 30.2 Å². The van der Waals surface area contributed by atoms with Gasteiger partial charge in [-0.3, -0.25) is 0 Å². The number of halogens is 2. The van der Waals surface area contributed by atoms with E-state index in [-0.39, 0.29) is 14.9 Å². The first-order valence-corrected chi connectivity index (χ1v) is 8.37. The zero-order chi connectivity index (χ0) is 13.6. The van der Waals surface area contributed by atoms with Crippen LogP contribution in [0.1, 0.15) is 25.3 Å². The van der Waals surface area contributed by atoms with E-state index in [1.165, 1.54) is 6.07 Å². The van der Waals surface area contributed by atoms with Gasteiger partial charge in [0.25, 0.3) is 0 Å². The maximum Gasteiger partial charge on any atom is 0.179 e. The Hall–Kier alpha value is -0.460. The Morgan fingerprint density at radius 3 is 2.56 bits per heavy atom. The molecule has 1 aromatic carbocycles. The smallest absolute Gasteiger partial charge is 0.179 e. The van der Waals surface area contributed by atoms with Crippen LogP contribution in [0.15, 0.2) is 21.5 Å². The van der Waals surface area contributed by atoms with Crippen LogP contribution in [0.25, 0.3) is 0 Å². The Labute approximate surface area is 115 Å². The van der Waals surface area contributed by atoms with E-state index in [2.05, 4.69) is 21.2 Å². The molecule has 100 valence electrons. The van der Waals surface area contributed by atoms with Gasteiger partial charge in [0, 0.05) is 16.3 Å². The van der Waals surface area contributed by atoms with E-state index < -0.39 is 15.7 Å². The molecule has 3 nitrogen and oxygen atoms in total. The van der Waals surface area contributed by atoms with Crippen molar-refractivity contribution in [3.05, 3.63) is 28.0 Å². The van der Waals surface area contributed by atoms with Gasteiger partial charge in [-0.2, -0.15) is 0 Å². The molecule has 0 amide bonds. The lowest BCUT2D eigenvalue weighted by atomic mass is 9.90. The van der Waals surface area contributed by atoms with Crippen molar-refractivity contribution in [2.24, 2.45) is 0 Å². The average Bonchev–Trinajstić information content (AvgIpc) is 2.63. The van der Waals surface area contributed by atoms with Gasteiger partial charge in [0.2, 0.25) is 0 Å². The van der Waals surface area contributed by atoms with Crippen LogP contribution < -0.4 is 5.32 Å². The molecule has 1 N–H and O–H groups in total. The number of hydrogen-bond donors (Lipinski definition) is 1. The lowest BCUT2D eigenvalue weighted by Crippen LogP contribution is -2.33. The van der Waals surface area contributed by atoms with Crippen molar-refractivity contribution in [3.63, 3.8) is 0 Å². The average molecular weight is 336 g/mol. The molecular formula is C12H15BrFNO2S. The molecule has 0 saturated carbocycles. The summed E-state index contributed by atoms with van der Waals surface area (Å²) >= 11 is 3.16. The highest BCUT2D eigenvalue weighted by Crippen LogP contribution is 2.35. The Bertz CT molecular complexity index is 557. The van der Waals surface area contributed by atoms with E-state index >= 15 is 0 Å². The standard InChI is InChI=1S/C12H15BrFNO2S/c1-12(4-3-5-15-12)8-6-9(13)11(10(14)7-8)18(2,16)17/h6-7,15H,3-5H2,1-2H3. The van der Waals surface area contributed by atoms with Crippen LogP contribution in [0.3, 0.4) is 0 Å². The highest BCUT2D eigenvalue weighted by Gasteiger charge is 2.32. The zero-order valence-electron chi connectivity index (χ0n) is 10.3. The lowest BCUT2D eigenvalue weighted by Gasteiger charge is -2.25. The third-order valence-corrected chi connectivity index (χ3v) is 5.42. The molecule has 6 heteroatoms. The van der Waals surface area contributed by atoms with Gasteiger partial charge in [0.05, 0.1) is 0 Å². The molecule has 1 aromatic rings. The van der Waals surface area contributed by atoms with Crippen LogP contribution in [-0.2, 0) is 15.4 Å². The molecule has 1 fully saturated rings. The topological polar surface area (TPSA) is 46.2 Å². The Kier molecular flexibility index (Phi) is 3.55. The number of nitrogens with one attached hydrogen (secondary N) is 1. The van der Waals surface area contributed by atoms with E-state index in [4.69, 9.17) is 0 Å². The third-order valence-electron chi connectivity index (χ3n) is 3.37. The fraction of sp³-hybridized carbons (Fsp3) is 0.500. The second-order valence-electron chi connectivity index (χ2n) is 4.90. The van der Waals surface area contributed by atoms with Crippen LogP contribution in [-0.4, -0.2) is 21.2 Å². The van der Waals surface area contributed by atoms with Gasteiger partial charge in [-0.25, -0.2) is 12.8 Å². The first kappa shape index (κ1) is 14.0. The van der Waals surface area contributed by atoms with Crippen LogP contribution >= 0.6 is 15.9 Å². The number of benzene rings is 1. The number of rotatable bonds is 2. The van der Waals surface area contributed by atoms with Crippen LogP contribution in [0, 0.1) is 5.82 Å². The van der Waals surface area contributed by atoms with Crippen molar-refractivity contribution in [1.29, 1.82) is 0 Å². The van der Waals surface area contributed by atoms with E-state index in [1.54, 1.807) is 6.07 Å². The summed E-state index contributed by atoms with van der Waals surface area (Å²) in [6.07, 6.45) is 2.95. The SMILES string of the molecule is CC1(c2cc(F)c(S(C)(=O)=O)c(Br)c2)CCCN1. The summed E-state index contributed by atoms with van der Waals surface area (Å²) in [4.78, 5) is -0.271. The van der Waals surface area contributed by atoms with E-state index in [9.17, 15) is 12.8 Å². The van der Waals surface area contributed by atoms with Crippen molar-refractivity contribution >= 4 is 25.8 Å². The second kappa shape index (κ2) is 4.58. The molecule has 1 aliphatic heterocycles. The van der Waals surface area contributed by atoms with Gasteiger partial charge in [0.15, 0.2) is 9.84 Å². The quantitative estimate of drug-likeness (QED) is 0.903. The summed E-state index contributed by atoms with van der Waals surface area (Å²) in [7, 11) is -3.57. The zero-order valence-corrected chi connectivity index (χ0v) is 12.7. The monoisotopic (exact) mass is 335 g/mol. The fourth-order valence-corrected chi connectivity index (χ4v) is 4.52. The summed E-state index contributed by atoms with van der Waals surface area (Å²) in [6, 6.07) is 3.01. The summed E-state index contributed by atoms with van der Waals surface area (Å²) in [6.45, 7) is 2.89. The molecule has 0 spiro atoms. The highest BCUT2D eigenvalue weighted by atomic mass is 79.9. The lowest BCUT2D eigenvalue weighted by molar-refractivity contribution is 0.429. The predicted octanol–water partition coefficient (Wildman–Crippen LogP) is 2.59.